The van der Waals surface area contributed by atoms with Crippen LogP contribution in [0.4, 0.5) is 5.69 Å². The van der Waals surface area contributed by atoms with Gasteiger partial charge in [-0.2, -0.15) is 0 Å². The maximum atomic E-state index is 12.3. The highest BCUT2D eigenvalue weighted by Gasteiger charge is 2.37. The van der Waals surface area contributed by atoms with Gasteiger partial charge in [-0.15, -0.1) is 0 Å². The van der Waals surface area contributed by atoms with Gasteiger partial charge in [-0.25, -0.2) is 0 Å². The maximum absolute atomic E-state index is 12.3. The maximum Gasteiger partial charge on any atom is 0.316 e. The van der Waals surface area contributed by atoms with Crippen molar-refractivity contribution in [2.24, 2.45) is 5.92 Å². The Morgan fingerprint density at radius 1 is 1.17 bits per heavy atom. The molecule has 5 nitrogen and oxygen atoms in total. The van der Waals surface area contributed by atoms with Gasteiger partial charge in [0.25, 0.3) is 0 Å². The van der Waals surface area contributed by atoms with E-state index in [9.17, 15) is 9.59 Å². The number of anilines is 1. The monoisotopic (exact) mass is 389 g/mol. The van der Waals surface area contributed by atoms with Crippen LogP contribution in [0.1, 0.15) is 6.42 Å². The molecule has 2 aromatic carbocycles. The summed E-state index contributed by atoms with van der Waals surface area (Å²) in [5, 5.41) is 0. The summed E-state index contributed by atoms with van der Waals surface area (Å²) in [6.45, 7) is 0.286. The SMILES string of the molecule is COc1ccccc1N1C[C@@H](C(=O)Oc2ccc(Br)cc2)CC1=O. The van der Waals surface area contributed by atoms with Crippen LogP contribution in [0, 0.1) is 5.92 Å². The molecule has 1 heterocycles. The Balaban J connectivity index is 1.72. The van der Waals surface area contributed by atoms with E-state index >= 15 is 0 Å². The molecule has 0 aromatic heterocycles. The molecule has 0 saturated carbocycles. The molecule has 1 amide bonds. The van der Waals surface area contributed by atoms with Crippen molar-refractivity contribution in [3.63, 3.8) is 0 Å². The van der Waals surface area contributed by atoms with E-state index in [0.717, 1.165) is 4.47 Å². The number of halogens is 1. The highest BCUT2D eigenvalue weighted by molar-refractivity contribution is 9.10. The first-order valence-electron chi connectivity index (χ1n) is 7.49. The van der Waals surface area contributed by atoms with Crippen LogP contribution in [-0.2, 0) is 9.59 Å². The molecular formula is C18H16BrNO4. The molecule has 0 bridgehead atoms. The predicted octanol–water partition coefficient (Wildman–Crippen LogP) is 3.42. The number of carbonyl (C=O) groups is 2. The van der Waals surface area contributed by atoms with Gasteiger partial charge in [-0.1, -0.05) is 28.1 Å². The molecule has 0 unspecified atom stereocenters. The number of rotatable bonds is 4. The number of amides is 1. The lowest BCUT2D eigenvalue weighted by Crippen LogP contribution is -2.27. The minimum Gasteiger partial charge on any atom is -0.495 e. The summed E-state index contributed by atoms with van der Waals surface area (Å²) in [5.41, 5.74) is 0.670. The summed E-state index contributed by atoms with van der Waals surface area (Å²) in [4.78, 5) is 26.2. The van der Waals surface area contributed by atoms with E-state index in [1.54, 1.807) is 48.4 Å². The fraction of sp³-hybridized carbons (Fsp3) is 0.222. The minimum absolute atomic E-state index is 0.114. The van der Waals surface area contributed by atoms with Crippen LogP contribution in [0.3, 0.4) is 0 Å². The average Bonchev–Trinajstić information content (AvgIpc) is 2.98. The largest absolute Gasteiger partial charge is 0.495 e. The minimum atomic E-state index is -0.494. The Hall–Kier alpha value is -2.34. The molecule has 1 aliphatic heterocycles. The van der Waals surface area contributed by atoms with E-state index in [-0.39, 0.29) is 18.9 Å². The molecule has 0 N–H and O–H groups in total. The lowest BCUT2D eigenvalue weighted by atomic mass is 10.1. The lowest BCUT2D eigenvalue weighted by molar-refractivity contribution is -0.139. The summed E-state index contributed by atoms with van der Waals surface area (Å²) in [6, 6.07) is 14.3. The number of para-hydroxylation sites is 2. The molecular weight excluding hydrogens is 374 g/mol. The second-order valence-corrected chi connectivity index (χ2v) is 6.37. The van der Waals surface area contributed by atoms with Crippen molar-refractivity contribution in [3.8, 4) is 11.5 Å². The zero-order valence-electron chi connectivity index (χ0n) is 13.1. The molecule has 0 aliphatic carbocycles. The normalized spacial score (nSPS) is 17.0. The predicted molar refractivity (Wildman–Crippen MR) is 93.2 cm³/mol. The average molecular weight is 390 g/mol. The van der Waals surface area contributed by atoms with E-state index in [4.69, 9.17) is 9.47 Å². The van der Waals surface area contributed by atoms with Crippen LogP contribution in [0.2, 0.25) is 0 Å². The molecule has 3 rings (SSSR count). The van der Waals surface area contributed by atoms with E-state index in [2.05, 4.69) is 15.9 Å². The summed E-state index contributed by atoms with van der Waals surface area (Å²) >= 11 is 3.33. The number of ether oxygens (including phenoxy) is 2. The van der Waals surface area contributed by atoms with E-state index in [0.29, 0.717) is 17.2 Å². The summed E-state index contributed by atoms with van der Waals surface area (Å²) in [6.07, 6.45) is 0.132. The topological polar surface area (TPSA) is 55.8 Å². The molecule has 24 heavy (non-hydrogen) atoms. The number of hydrogen-bond acceptors (Lipinski definition) is 4. The van der Waals surface area contributed by atoms with Crippen LogP contribution in [0.15, 0.2) is 53.0 Å². The van der Waals surface area contributed by atoms with Crippen LogP contribution in [0.5, 0.6) is 11.5 Å². The molecule has 2 aromatic rings. The molecule has 1 atom stereocenters. The Labute approximate surface area is 148 Å². The number of esters is 1. The van der Waals surface area contributed by atoms with Gasteiger partial charge in [0.05, 0.1) is 18.7 Å². The summed E-state index contributed by atoms with van der Waals surface area (Å²) in [7, 11) is 1.55. The second-order valence-electron chi connectivity index (χ2n) is 5.45. The smallest absolute Gasteiger partial charge is 0.316 e. The van der Waals surface area contributed by atoms with Crippen molar-refractivity contribution in [2.45, 2.75) is 6.42 Å². The highest BCUT2D eigenvalue weighted by atomic mass is 79.9. The van der Waals surface area contributed by atoms with Crippen LogP contribution >= 0.6 is 15.9 Å². The van der Waals surface area contributed by atoms with Gasteiger partial charge in [-0.05, 0) is 36.4 Å². The zero-order chi connectivity index (χ0) is 17.1. The Morgan fingerprint density at radius 2 is 1.88 bits per heavy atom. The summed E-state index contributed by atoms with van der Waals surface area (Å²) < 4.78 is 11.6. The number of benzene rings is 2. The number of nitrogens with zero attached hydrogens (tertiary/aromatic N) is 1. The van der Waals surface area contributed by atoms with Gasteiger partial charge in [0.15, 0.2) is 0 Å². The van der Waals surface area contributed by atoms with Gasteiger partial charge >= 0.3 is 5.97 Å². The van der Waals surface area contributed by atoms with Crippen molar-refractivity contribution in [3.05, 3.63) is 53.0 Å². The third-order valence-electron chi connectivity index (χ3n) is 3.87. The third kappa shape index (κ3) is 3.43. The van der Waals surface area contributed by atoms with Crippen LogP contribution in [-0.4, -0.2) is 25.5 Å². The first kappa shape index (κ1) is 16.5. The third-order valence-corrected chi connectivity index (χ3v) is 4.40. The molecule has 0 radical (unpaired) electrons. The molecule has 1 saturated heterocycles. The standard InChI is InChI=1S/C18H16BrNO4/c1-23-16-5-3-2-4-15(16)20-11-12(10-17(20)21)18(22)24-14-8-6-13(19)7-9-14/h2-9,12H,10-11H2,1H3/t12-/m0/s1. The first-order valence-corrected chi connectivity index (χ1v) is 8.28. The number of methoxy groups -OCH3 is 1. The van der Waals surface area contributed by atoms with Crippen LogP contribution in [0.25, 0.3) is 0 Å². The highest BCUT2D eigenvalue weighted by Crippen LogP contribution is 2.33. The quantitative estimate of drug-likeness (QED) is 0.593. The van der Waals surface area contributed by atoms with Gasteiger partial charge < -0.3 is 14.4 Å². The molecule has 1 fully saturated rings. The van der Waals surface area contributed by atoms with Gasteiger partial charge in [0, 0.05) is 17.4 Å². The fourth-order valence-electron chi connectivity index (χ4n) is 2.65. The molecule has 1 aliphatic rings. The van der Waals surface area contributed by atoms with E-state index in [1.807, 2.05) is 12.1 Å². The molecule has 0 spiro atoms. The number of carbonyl (C=O) groups excluding carboxylic acids is 2. The first-order chi connectivity index (χ1) is 11.6. The Bertz CT molecular complexity index is 760. The van der Waals surface area contributed by atoms with E-state index < -0.39 is 11.9 Å². The van der Waals surface area contributed by atoms with Gasteiger partial charge in [-0.3, -0.25) is 9.59 Å². The Kier molecular flexibility index (Phi) is 4.85. The number of hydrogen-bond donors (Lipinski definition) is 0. The summed E-state index contributed by atoms with van der Waals surface area (Å²) in [5.74, 6) is 0.0607. The fourth-order valence-corrected chi connectivity index (χ4v) is 2.92. The van der Waals surface area contributed by atoms with Gasteiger partial charge in [0.2, 0.25) is 5.91 Å². The van der Waals surface area contributed by atoms with Crippen molar-refractivity contribution in [1.29, 1.82) is 0 Å². The zero-order valence-corrected chi connectivity index (χ0v) is 14.7. The molecule has 6 heteroatoms. The van der Waals surface area contributed by atoms with Crippen molar-refractivity contribution < 1.29 is 19.1 Å². The van der Waals surface area contributed by atoms with Crippen molar-refractivity contribution in [1.82, 2.24) is 0 Å². The van der Waals surface area contributed by atoms with Crippen molar-refractivity contribution in [2.75, 3.05) is 18.6 Å². The lowest BCUT2D eigenvalue weighted by Gasteiger charge is -2.19. The second kappa shape index (κ2) is 7.05. The van der Waals surface area contributed by atoms with Crippen molar-refractivity contribution >= 4 is 33.5 Å². The van der Waals surface area contributed by atoms with E-state index in [1.165, 1.54) is 0 Å². The Morgan fingerprint density at radius 3 is 2.58 bits per heavy atom. The molecule has 124 valence electrons. The van der Waals surface area contributed by atoms with Gasteiger partial charge in [0.1, 0.15) is 11.5 Å². The van der Waals surface area contributed by atoms with Crippen LogP contribution < -0.4 is 14.4 Å².